The Morgan fingerprint density at radius 2 is 1.89 bits per heavy atom. The Balaban J connectivity index is 2.27. The van der Waals surface area contributed by atoms with Gasteiger partial charge >= 0.3 is 0 Å². The summed E-state index contributed by atoms with van der Waals surface area (Å²) in [4.78, 5) is 1.14. The van der Waals surface area contributed by atoms with Crippen LogP contribution in [0.5, 0.6) is 0 Å². The van der Waals surface area contributed by atoms with Crippen LogP contribution in [0, 0.1) is 5.82 Å². The van der Waals surface area contributed by atoms with E-state index < -0.39 is 11.9 Å². The van der Waals surface area contributed by atoms with E-state index in [1.165, 1.54) is 18.2 Å². The summed E-state index contributed by atoms with van der Waals surface area (Å²) < 4.78 is 13.2. The highest BCUT2D eigenvalue weighted by Crippen LogP contribution is 2.30. The molecule has 2 aromatic carbocycles. The summed E-state index contributed by atoms with van der Waals surface area (Å²) in [5.74, 6) is 0.592. The van der Waals surface area contributed by atoms with Crippen molar-refractivity contribution in [2.45, 2.75) is 17.9 Å². The van der Waals surface area contributed by atoms with Crippen molar-refractivity contribution in [3.8, 4) is 0 Å². The number of hydrogen-bond acceptors (Lipinski definition) is 2. The van der Waals surface area contributed by atoms with Crippen LogP contribution in [0.2, 0.25) is 5.02 Å². The normalized spacial score (nSPS) is 12.4. The molecule has 0 aliphatic carbocycles. The molecule has 0 saturated heterocycles. The third-order valence-corrected chi connectivity index (χ3v) is 4.00. The molecule has 100 valence electrons. The molecule has 1 unspecified atom stereocenters. The lowest BCUT2D eigenvalue weighted by atomic mass is 10.0. The highest BCUT2D eigenvalue weighted by molar-refractivity contribution is 7.99. The Kier molecular flexibility index (Phi) is 4.86. The second kappa shape index (κ2) is 6.42. The van der Waals surface area contributed by atoms with Crippen molar-refractivity contribution >= 4 is 23.4 Å². The Hall–Kier alpha value is -1.03. The predicted octanol–water partition coefficient (Wildman–Crippen LogP) is 4.67. The summed E-state index contributed by atoms with van der Waals surface area (Å²) in [7, 11) is 0. The fourth-order valence-electron chi connectivity index (χ4n) is 1.82. The van der Waals surface area contributed by atoms with Crippen LogP contribution in [-0.4, -0.2) is 10.9 Å². The van der Waals surface area contributed by atoms with Gasteiger partial charge in [-0.3, -0.25) is 0 Å². The van der Waals surface area contributed by atoms with Gasteiger partial charge in [-0.15, -0.1) is 11.8 Å². The number of thioether (sulfide) groups is 1. The molecule has 0 aliphatic heterocycles. The number of hydrogen-bond donors (Lipinski definition) is 1. The third-order valence-electron chi connectivity index (χ3n) is 2.76. The lowest BCUT2D eigenvalue weighted by molar-refractivity contribution is 0.220. The number of aliphatic hydroxyl groups excluding tert-OH is 1. The minimum atomic E-state index is -0.913. The zero-order chi connectivity index (χ0) is 13.8. The van der Waals surface area contributed by atoms with Crippen molar-refractivity contribution in [2.75, 3.05) is 5.75 Å². The van der Waals surface area contributed by atoms with E-state index in [0.717, 1.165) is 10.6 Å². The zero-order valence-electron chi connectivity index (χ0n) is 10.4. The quantitative estimate of drug-likeness (QED) is 0.827. The van der Waals surface area contributed by atoms with Gasteiger partial charge in [0.2, 0.25) is 0 Å². The van der Waals surface area contributed by atoms with E-state index in [4.69, 9.17) is 11.6 Å². The van der Waals surface area contributed by atoms with Gasteiger partial charge in [0.15, 0.2) is 0 Å². The first-order valence-corrected chi connectivity index (χ1v) is 7.34. The van der Waals surface area contributed by atoms with Crippen molar-refractivity contribution < 1.29 is 9.50 Å². The second-order valence-corrected chi connectivity index (χ2v) is 5.82. The molecule has 0 amide bonds. The van der Waals surface area contributed by atoms with E-state index in [9.17, 15) is 9.50 Å². The number of aliphatic hydroxyl groups is 1. The van der Waals surface area contributed by atoms with Gasteiger partial charge in [0, 0.05) is 15.5 Å². The Labute approximate surface area is 121 Å². The number of benzene rings is 2. The van der Waals surface area contributed by atoms with Crippen molar-refractivity contribution in [1.82, 2.24) is 0 Å². The van der Waals surface area contributed by atoms with Crippen molar-refractivity contribution in [1.29, 1.82) is 0 Å². The summed E-state index contributed by atoms with van der Waals surface area (Å²) in [6.07, 6.45) is -0.913. The maximum atomic E-state index is 13.2. The maximum Gasteiger partial charge on any atom is 0.123 e. The Bertz CT molecular complexity index is 557. The summed E-state index contributed by atoms with van der Waals surface area (Å²) in [5, 5.41) is 10.6. The molecule has 1 atom stereocenters. The molecule has 0 saturated carbocycles. The standard InChI is InChI=1S/C15H14ClFOS/c1-2-19-12-6-3-10(4-7-12)15(18)13-9-11(17)5-8-14(13)16/h3-9,15,18H,2H2,1H3. The first-order chi connectivity index (χ1) is 9.11. The van der Waals surface area contributed by atoms with Crippen LogP contribution in [0.4, 0.5) is 4.39 Å². The smallest absolute Gasteiger partial charge is 0.123 e. The van der Waals surface area contributed by atoms with E-state index in [-0.39, 0.29) is 0 Å². The molecular formula is C15H14ClFOS. The largest absolute Gasteiger partial charge is 0.384 e. The molecule has 0 radical (unpaired) electrons. The molecule has 0 aromatic heterocycles. The molecule has 19 heavy (non-hydrogen) atoms. The van der Waals surface area contributed by atoms with Crippen LogP contribution in [0.15, 0.2) is 47.4 Å². The van der Waals surface area contributed by atoms with Crippen LogP contribution in [-0.2, 0) is 0 Å². The minimum absolute atomic E-state index is 0.362. The molecule has 0 bridgehead atoms. The molecule has 0 heterocycles. The summed E-state index contributed by atoms with van der Waals surface area (Å²) in [5.41, 5.74) is 1.09. The monoisotopic (exact) mass is 296 g/mol. The van der Waals surface area contributed by atoms with Gasteiger partial charge < -0.3 is 5.11 Å². The summed E-state index contributed by atoms with van der Waals surface area (Å²) in [6.45, 7) is 2.08. The van der Waals surface area contributed by atoms with E-state index in [1.807, 2.05) is 24.3 Å². The zero-order valence-corrected chi connectivity index (χ0v) is 12.0. The molecule has 0 spiro atoms. The van der Waals surface area contributed by atoms with Gasteiger partial charge in [-0.25, -0.2) is 4.39 Å². The summed E-state index contributed by atoms with van der Waals surface area (Å²) in [6, 6.07) is 11.6. The average molecular weight is 297 g/mol. The van der Waals surface area contributed by atoms with E-state index in [2.05, 4.69) is 6.92 Å². The number of halogens is 2. The van der Waals surface area contributed by atoms with Crippen LogP contribution in [0.1, 0.15) is 24.2 Å². The predicted molar refractivity (Wildman–Crippen MR) is 78.3 cm³/mol. The maximum absolute atomic E-state index is 13.2. The first kappa shape index (κ1) is 14.4. The van der Waals surface area contributed by atoms with Gasteiger partial charge in [-0.2, -0.15) is 0 Å². The van der Waals surface area contributed by atoms with Crippen LogP contribution >= 0.6 is 23.4 Å². The highest BCUT2D eigenvalue weighted by atomic mass is 35.5. The van der Waals surface area contributed by atoms with Crippen LogP contribution in [0.25, 0.3) is 0 Å². The van der Waals surface area contributed by atoms with Crippen LogP contribution < -0.4 is 0 Å². The van der Waals surface area contributed by atoms with E-state index in [1.54, 1.807) is 11.8 Å². The summed E-state index contributed by atoms with van der Waals surface area (Å²) >= 11 is 7.72. The fraction of sp³-hybridized carbons (Fsp3) is 0.200. The SMILES string of the molecule is CCSc1ccc(C(O)c2cc(F)ccc2Cl)cc1. The van der Waals surface area contributed by atoms with Gasteiger partial charge in [-0.1, -0.05) is 30.7 Å². The van der Waals surface area contributed by atoms with Gasteiger partial charge in [-0.05, 0) is 41.6 Å². The molecule has 2 rings (SSSR count). The average Bonchev–Trinajstić information content (AvgIpc) is 2.42. The molecule has 1 nitrogen and oxygen atoms in total. The van der Waals surface area contributed by atoms with Gasteiger partial charge in [0.1, 0.15) is 11.9 Å². The molecule has 1 N–H and O–H groups in total. The second-order valence-electron chi connectivity index (χ2n) is 4.07. The van der Waals surface area contributed by atoms with Crippen molar-refractivity contribution in [2.24, 2.45) is 0 Å². The third kappa shape index (κ3) is 3.50. The molecule has 4 heteroatoms. The van der Waals surface area contributed by atoms with Gasteiger partial charge in [0.05, 0.1) is 0 Å². The minimum Gasteiger partial charge on any atom is -0.384 e. The fourth-order valence-corrected chi connectivity index (χ4v) is 2.70. The Morgan fingerprint density at radius 3 is 2.53 bits per heavy atom. The van der Waals surface area contributed by atoms with Gasteiger partial charge in [0.25, 0.3) is 0 Å². The number of rotatable bonds is 4. The first-order valence-electron chi connectivity index (χ1n) is 5.97. The molecule has 0 fully saturated rings. The van der Waals surface area contributed by atoms with Crippen LogP contribution in [0.3, 0.4) is 0 Å². The van der Waals surface area contributed by atoms with E-state index in [0.29, 0.717) is 16.1 Å². The molecule has 0 aliphatic rings. The molecular weight excluding hydrogens is 283 g/mol. The molecule has 2 aromatic rings. The van der Waals surface area contributed by atoms with Crippen molar-refractivity contribution in [3.63, 3.8) is 0 Å². The Morgan fingerprint density at radius 1 is 1.21 bits per heavy atom. The lowest BCUT2D eigenvalue weighted by Gasteiger charge is -2.13. The van der Waals surface area contributed by atoms with E-state index >= 15 is 0 Å². The topological polar surface area (TPSA) is 20.2 Å². The lowest BCUT2D eigenvalue weighted by Crippen LogP contribution is -2.01. The van der Waals surface area contributed by atoms with Crippen molar-refractivity contribution in [3.05, 3.63) is 64.4 Å². The highest BCUT2D eigenvalue weighted by Gasteiger charge is 2.14.